The smallest absolute Gasteiger partial charge is 0.159 e. The molecule has 0 heterocycles. The van der Waals surface area contributed by atoms with E-state index in [0.717, 1.165) is 18.5 Å². The molecule has 0 radical (unpaired) electrons. The Morgan fingerprint density at radius 2 is 1.30 bits per heavy atom. The number of rotatable bonds is 10. The van der Waals surface area contributed by atoms with Crippen molar-refractivity contribution in [3.8, 4) is 0 Å². The number of nitrogens with one attached hydrogen (secondary N) is 1. The van der Waals surface area contributed by atoms with Crippen molar-refractivity contribution in [2.24, 2.45) is 0 Å². The summed E-state index contributed by atoms with van der Waals surface area (Å²) >= 11 is 0. The van der Waals surface area contributed by atoms with Crippen LogP contribution in [0.2, 0.25) is 0 Å². The SMILES string of the molecule is CC.CC.CNCCCCCCCCc1ccc(C(C)=O)cc1. The number of hydrogen-bond donors (Lipinski definition) is 1. The van der Waals surface area contributed by atoms with Crippen LogP contribution in [0.3, 0.4) is 0 Å². The minimum atomic E-state index is 0.146. The van der Waals surface area contributed by atoms with Crippen LogP contribution in [-0.4, -0.2) is 19.4 Å². The standard InChI is InChI=1S/C17H27NO.2C2H6/c1-15(19)17-12-10-16(11-13-17)9-7-5-3-4-6-8-14-18-2;2*1-2/h10-13,18H,3-9,14H2,1-2H3;2*1-2H3. The number of Topliss-reactive ketones (excluding diaryl/α,β-unsaturated/α-hetero) is 1. The molecule has 1 N–H and O–H groups in total. The molecule has 1 aromatic carbocycles. The zero-order chi connectivity index (χ0) is 17.9. The molecule has 0 aliphatic heterocycles. The lowest BCUT2D eigenvalue weighted by atomic mass is 10.0. The van der Waals surface area contributed by atoms with Gasteiger partial charge in [-0.15, -0.1) is 0 Å². The molecule has 2 heteroatoms. The first kappa shape index (κ1) is 24.1. The van der Waals surface area contributed by atoms with E-state index in [1.807, 2.05) is 46.9 Å². The highest BCUT2D eigenvalue weighted by Gasteiger charge is 1.99. The van der Waals surface area contributed by atoms with Crippen LogP contribution in [0, 0.1) is 0 Å². The fraction of sp³-hybridized carbons (Fsp3) is 0.667. The lowest BCUT2D eigenvalue weighted by Crippen LogP contribution is -2.06. The van der Waals surface area contributed by atoms with Crippen molar-refractivity contribution in [1.29, 1.82) is 0 Å². The van der Waals surface area contributed by atoms with Crippen molar-refractivity contribution in [3.05, 3.63) is 35.4 Å². The van der Waals surface area contributed by atoms with E-state index in [2.05, 4.69) is 17.4 Å². The molecule has 0 saturated carbocycles. The Morgan fingerprint density at radius 3 is 1.78 bits per heavy atom. The molecule has 1 rings (SSSR count). The van der Waals surface area contributed by atoms with Crippen molar-refractivity contribution < 1.29 is 4.79 Å². The maximum atomic E-state index is 11.2. The highest BCUT2D eigenvalue weighted by atomic mass is 16.1. The van der Waals surface area contributed by atoms with Crippen molar-refractivity contribution in [1.82, 2.24) is 5.32 Å². The Morgan fingerprint density at radius 1 is 0.826 bits per heavy atom. The van der Waals surface area contributed by atoms with Gasteiger partial charge in [-0.05, 0) is 45.3 Å². The molecule has 0 spiro atoms. The molecule has 0 unspecified atom stereocenters. The molecule has 0 atom stereocenters. The quantitative estimate of drug-likeness (QED) is 0.420. The highest BCUT2D eigenvalue weighted by Crippen LogP contribution is 2.11. The lowest BCUT2D eigenvalue weighted by molar-refractivity contribution is 0.101. The first-order valence-electron chi connectivity index (χ1n) is 9.48. The normalized spacial score (nSPS) is 9.30. The van der Waals surface area contributed by atoms with Crippen molar-refractivity contribution in [2.75, 3.05) is 13.6 Å². The summed E-state index contributed by atoms with van der Waals surface area (Å²) in [5.41, 5.74) is 2.16. The fourth-order valence-electron chi connectivity index (χ4n) is 2.24. The summed E-state index contributed by atoms with van der Waals surface area (Å²) in [7, 11) is 2.01. The lowest BCUT2D eigenvalue weighted by Gasteiger charge is -2.03. The minimum absolute atomic E-state index is 0.146. The van der Waals surface area contributed by atoms with Gasteiger partial charge in [0.1, 0.15) is 0 Å². The fourth-order valence-corrected chi connectivity index (χ4v) is 2.24. The van der Waals surface area contributed by atoms with Crippen LogP contribution in [0.5, 0.6) is 0 Å². The number of carbonyl (C=O) groups excluding carboxylic acids is 1. The molecule has 134 valence electrons. The average Bonchev–Trinajstić information content (AvgIpc) is 2.61. The molecule has 0 aliphatic rings. The summed E-state index contributed by atoms with van der Waals surface area (Å²) in [6, 6.07) is 8.05. The Labute approximate surface area is 145 Å². The summed E-state index contributed by atoms with van der Waals surface area (Å²) < 4.78 is 0. The second-order valence-electron chi connectivity index (χ2n) is 5.23. The van der Waals surface area contributed by atoms with Gasteiger partial charge in [-0.2, -0.15) is 0 Å². The van der Waals surface area contributed by atoms with Gasteiger partial charge in [0.25, 0.3) is 0 Å². The van der Waals surface area contributed by atoms with Gasteiger partial charge in [0.05, 0.1) is 0 Å². The zero-order valence-corrected chi connectivity index (χ0v) is 16.4. The first-order valence-corrected chi connectivity index (χ1v) is 9.48. The second-order valence-corrected chi connectivity index (χ2v) is 5.23. The van der Waals surface area contributed by atoms with E-state index >= 15 is 0 Å². The summed E-state index contributed by atoms with van der Waals surface area (Å²) in [6.45, 7) is 10.8. The van der Waals surface area contributed by atoms with Crippen molar-refractivity contribution in [2.45, 2.75) is 79.6 Å². The largest absolute Gasteiger partial charge is 0.320 e. The first-order chi connectivity index (χ1) is 11.2. The molecule has 0 amide bonds. The summed E-state index contributed by atoms with van der Waals surface area (Å²) in [6.07, 6.45) is 9.03. The molecule has 1 aromatic rings. The number of hydrogen-bond acceptors (Lipinski definition) is 2. The summed E-state index contributed by atoms with van der Waals surface area (Å²) in [5.74, 6) is 0.146. The molecular formula is C21H39NO. The molecule has 23 heavy (non-hydrogen) atoms. The monoisotopic (exact) mass is 321 g/mol. The summed E-state index contributed by atoms with van der Waals surface area (Å²) in [4.78, 5) is 11.2. The molecule has 0 aliphatic carbocycles. The van der Waals surface area contributed by atoms with E-state index in [4.69, 9.17) is 0 Å². The van der Waals surface area contributed by atoms with Gasteiger partial charge in [0.2, 0.25) is 0 Å². The summed E-state index contributed by atoms with van der Waals surface area (Å²) in [5, 5.41) is 3.18. The van der Waals surface area contributed by atoms with E-state index < -0.39 is 0 Å². The molecule has 0 aromatic heterocycles. The minimum Gasteiger partial charge on any atom is -0.320 e. The second kappa shape index (κ2) is 18.9. The number of ketones is 1. The predicted molar refractivity (Wildman–Crippen MR) is 104 cm³/mol. The van der Waals surface area contributed by atoms with E-state index in [0.29, 0.717) is 0 Å². The number of carbonyl (C=O) groups is 1. The third kappa shape index (κ3) is 14.2. The van der Waals surface area contributed by atoms with E-state index in [1.54, 1.807) is 6.92 Å². The van der Waals surface area contributed by atoms with Gasteiger partial charge in [-0.25, -0.2) is 0 Å². The number of benzene rings is 1. The van der Waals surface area contributed by atoms with Gasteiger partial charge in [-0.1, -0.05) is 77.6 Å². The van der Waals surface area contributed by atoms with E-state index in [-0.39, 0.29) is 5.78 Å². The van der Waals surface area contributed by atoms with Gasteiger partial charge in [0, 0.05) is 5.56 Å². The molecule has 2 nitrogen and oxygen atoms in total. The van der Waals surface area contributed by atoms with Crippen LogP contribution in [0.15, 0.2) is 24.3 Å². The third-order valence-electron chi connectivity index (χ3n) is 3.50. The maximum absolute atomic E-state index is 11.2. The molecular weight excluding hydrogens is 282 g/mol. The van der Waals surface area contributed by atoms with Crippen LogP contribution >= 0.6 is 0 Å². The average molecular weight is 322 g/mol. The molecule has 0 bridgehead atoms. The Kier molecular flexibility index (Phi) is 19.8. The van der Waals surface area contributed by atoms with E-state index in [9.17, 15) is 4.79 Å². The van der Waals surface area contributed by atoms with Gasteiger partial charge < -0.3 is 5.32 Å². The van der Waals surface area contributed by atoms with Gasteiger partial charge in [0.15, 0.2) is 5.78 Å². The van der Waals surface area contributed by atoms with Crippen LogP contribution in [0.4, 0.5) is 0 Å². The Hall–Kier alpha value is -1.15. The molecule has 0 saturated heterocycles. The molecule has 0 fully saturated rings. The van der Waals surface area contributed by atoms with Crippen molar-refractivity contribution in [3.63, 3.8) is 0 Å². The van der Waals surface area contributed by atoms with Gasteiger partial charge in [-0.3, -0.25) is 4.79 Å². The van der Waals surface area contributed by atoms with Crippen LogP contribution < -0.4 is 5.32 Å². The zero-order valence-electron chi connectivity index (χ0n) is 16.4. The topological polar surface area (TPSA) is 29.1 Å². The number of aryl methyl sites for hydroxylation is 1. The number of unbranched alkanes of at least 4 members (excludes halogenated alkanes) is 5. The Bertz CT molecular complexity index is 357. The van der Waals surface area contributed by atoms with Crippen molar-refractivity contribution >= 4 is 5.78 Å². The predicted octanol–water partition coefficient (Wildman–Crippen LogP) is 6.04. The third-order valence-corrected chi connectivity index (χ3v) is 3.50. The van der Waals surface area contributed by atoms with Crippen LogP contribution in [-0.2, 0) is 6.42 Å². The van der Waals surface area contributed by atoms with Crippen LogP contribution in [0.1, 0.15) is 89.1 Å². The maximum Gasteiger partial charge on any atom is 0.159 e. The Balaban J connectivity index is 0. The van der Waals surface area contributed by atoms with E-state index in [1.165, 1.54) is 44.1 Å². The van der Waals surface area contributed by atoms with Gasteiger partial charge >= 0.3 is 0 Å². The van der Waals surface area contributed by atoms with Crippen LogP contribution in [0.25, 0.3) is 0 Å². The highest BCUT2D eigenvalue weighted by molar-refractivity contribution is 5.93.